The molecule has 0 aromatic heterocycles. The minimum Gasteiger partial charge on any atom is -0.493 e. The molecule has 2 aromatic carbocycles. The zero-order valence-electron chi connectivity index (χ0n) is 13.8. The summed E-state index contributed by atoms with van der Waals surface area (Å²) in [6.45, 7) is 1.31. The molecule has 0 fully saturated rings. The smallest absolute Gasteiger partial charge is 0.308 e. The number of methoxy groups -OCH3 is 1. The van der Waals surface area contributed by atoms with E-state index in [9.17, 15) is 9.59 Å². The first-order chi connectivity index (χ1) is 12.0. The van der Waals surface area contributed by atoms with Gasteiger partial charge in [0, 0.05) is 11.9 Å². The number of carbonyl (C=O) groups excluding carboxylic acids is 2. The fraction of sp³-hybridized carbons (Fsp3) is 0.167. The molecule has 6 nitrogen and oxygen atoms in total. The molecule has 0 saturated heterocycles. The number of nitrogens with zero attached hydrogens (tertiary/aromatic N) is 1. The van der Waals surface area contributed by atoms with Crippen LogP contribution in [0.15, 0.2) is 47.6 Å². The van der Waals surface area contributed by atoms with Gasteiger partial charge in [-0.1, -0.05) is 23.7 Å². The van der Waals surface area contributed by atoms with Crippen LogP contribution in [0.1, 0.15) is 18.1 Å². The van der Waals surface area contributed by atoms with Crippen molar-refractivity contribution in [3.05, 3.63) is 58.6 Å². The highest BCUT2D eigenvalue weighted by atomic mass is 35.5. The van der Waals surface area contributed by atoms with E-state index >= 15 is 0 Å². The summed E-state index contributed by atoms with van der Waals surface area (Å²) >= 11 is 5.80. The maximum Gasteiger partial charge on any atom is 0.308 e. The Morgan fingerprint density at radius 2 is 1.88 bits per heavy atom. The zero-order chi connectivity index (χ0) is 18.2. The van der Waals surface area contributed by atoms with E-state index in [1.807, 2.05) is 0 Å². The normalized spacial score (nSPS) is 10.5. The maximum absolute atomic E-state index is 11.8. The Kier molecular flexibility index (Phi) is 6.54. The quantitative estimate of drug-likeness (QED) is 0.372. The molecule has 1 N–H and O–H groups in total. The average Bonchev–Trinajstić information content (AvgIpc) is 2.57. The lowest BCUT2D eigenvalue weighted by molar-refractivity contribution is -0.132. The maximum atomic E-state index is 11.8. The molecule has 0 unspecified atom stereocenters. The second-order valence-corrected chi connectivity index (χ2v) is 5.54. The summed E-state index contributed by atoms with van der Waals surface area (Å²) in [4.78, 5) is 22.9. The first kappa shape index (κ1) is 18.5. The van der Waals surface area contributed by atoms with Crippen molar-refractivity contribution in [2.24, 2.45) is 5.10 Å². The molecular formula is C18H17ClN2O4. The third-order valence-electron chi connectivity index (χ3n) is 3.12. The average molecular weight is 361 g/mol. The molecule has 0 aliphatic rings. The van der Waals surface area contributed by atoms with Gasteiger partial charge < -0.3 is 9.47 Å². The van der Waals surface area contributed by atoms with E-state index in [1.165, 1.54) is 20.2 Å². The van der Waals surface area contributed by atoms with Gasteiger partial charge in [0.15, 0.2) is 11.5 Å². The van der Waals surface area contributed by atoms with E-state index < -0.39 is 5.97 Å². The molecule has 130 valence electrons. The van der Waals surface area contributed by atoms with Gasteiger partial charge in [0.25, 0.3) is 0 Å². The van der Waals surface area contributed by atoms with Gasteiger partial charge >= 0.3 is 5.97 Å². The molecule has 0 atom stereocenters. The van der Waals surface area contributed by atoms with E-state index in [4.69, 9.17) is 21.1 Å². The van der Waals surface area contributed by atoms with Crippen LogP contribution in [0, 0.1) is 0 Å². The Morgan fingerprint density at radius 3 is 2.52 bits per heavy atom. The van der Waals surface area contributed by atoms with Crippen molar-refractivity contribution >= 4 is 29.7 Å². The van der Waals surface area contributed by atoms with Crippen molar-refractivity contribution in [3.63, 3.8) is 0 Å². The number of rotatable bonds is 6. The number of nitrogens with one attached hydrogen (secondary N) is 1. The Bertz CT molecular complexity index is 788. The molecule has 0 aliphatic carbocycles. The number of halogens is 1. The number of benzene rings is 2. The number of amides is 1. The summed E-state index contributed by atoms with van der Waals surface area (Å²) in [6.07, 6.45) is 1.67. The molecule has 0 spiro atoms. The van der Waals surface area contributed by atoms with Crippen LogP contribution in [0.25, 0.3) is 0 Å². The van der Waals surface area contributed by atoms with Crippen LogP contribution < -0.4 is 14.9 Å². The summed E-state index contributed by atoms with van der Waals surface area (Å²) in [6, 6.07) is 11.9. The lowest BCUT2D eigenvalue weighted by Crippen LogP contribution is -2.19. The Hall–Kier alpha value is -2.86. The molecule has 1 amide bonds. The standard InChI is InChI=1S/C18H17ClN2O4/c1-12(22)25-16-8-5-14(9-17(16)24-2)11-20-21-18(23)10-13-3-6-15(19)7-4-13/h3-9,11H,10H2,1-2H3,(H,21,23)/b20-11+. The topological polar surface area (TPSA) is 77.0 Å². The van der Waals surface area contributed by atoms with Crippen LogP contribution in [0.5, 0.6) is 11.5 Å². The lowest BCUT2D eigenvalue weighted by Gasteiger charge is -2.08. The lowest BCUT2D eigenvalue weighted by atomic mass is 10.1. The van der Waals surface area contributed by atoms with Crippen LogP contribution in [-0.4, -0.2) is 25.2 Å². The molecule has 7 heteroatoms. The monoisotopic (exact) mass is 360 g/mol. The van der Waals surface area contributed by atoms with Crippen LogP contribution >= 0.6 is 11.6 Å². The molecular weight excluding hydrogens is 344 g/mol. The van der Waals surface area contributed by atoms with Gasteiger partial charge in [-0.05, 0) is 41.5 Å². The van der Waals surface area contributed by atoms with E-state index in [0.29, 0.717) is 22.1 Å². The van der Waals surface area contributed by atoms with Crippen molar-refractivity contribution in [2.45, 2.75) is 13.3 Å². The molecule has 0 heterocycles. The summed E-state index contributed by atoms with van der Waals surface area (Å²) in [5, 5.41) is 4.53. The minimum absolute atomic E-state index is 0.198. The predicted octanol–water partition coefficient (Wildman–Crippen LogP) is 2.97. The molecule has 25 heavy (non-hydrogen) atoms. The van der Waals surface area contributed by atoms with Crippen molar-refractivity contribution in [3.8, 4) is 11.5 Å². The third-order valence-corrected chi connectivity index (χ3v) is 3.37. The largest absolute Gasteiger partial charge is 0.493 e. The highest BCUT2D eigenvalue weighted by Gasteiger charge is 2.07. The number of hydrazone groups is 1. The van der Waals surface area contributed by atoms with Gasteiger partial charge in [-0.25, -0.2) is 5.43 Å². The first-order valence-corrected chi connectivity index (χ1v) is 7.78. The van der Waals surface area contributed by atoms with Gasteiger partial charge in [0.2, 0.25) is 5.91 Å². The SMILES string of the molecule is COc1cc(/C=N/NC(=O)Cc2ccc(Cl)cc2)ccc1OC(C)=O. The number of hydrogen-bond donors (Lipinski definition) is 1. The van der Waals surface area contributed by atoms with Gasteiger partial charge in [0.05, 0.1) is 19.7 Å². The highest BCUT2D eigenvalue weighted by molar-refractivity contribution is 6.30. The zero-order valence-corrected chi connectivity index (χ0v) is 14.5. The Morgan fingerprint density at radius 1 is 1.16 bits per heavy atom. The number of ether oxygens (including phenoxy) is 2. The van der Waals surface area contributed by atoms with E-state index in [1.54, 1.807) is 42.5 Å². The summed E-state index contributed by atoms with van der Waals surface area (Å²) < 4.78 is 10.2. The van der Waals surface area contributed by atoms with Gasteiger partial charge in [0.1, 0.15) is 0 Å². The molecule has 0 aliphatic heterocycles. The van der Waals surface area contributed by atoms with Gasteiger partial charge in [-0.3, -0.25) is 9.59 Å². The molecule has 0 radical (unpaired) electrons. The Balaban J connectivity index is 1.95. The van der Waals surface area contributed by atoms with Crippen LogP contribution in [-0.2, 0) is 16.0 Å². The number of hydrogen-bond acceptors (Lipinski definition) is 5. The van der Waals surface area contributed by atoms with Crippen molar-refractivity contribution in [1.82, 2.24) is 5.43 Å². The summed E-state index contributed by atoms with van der Waals surface area (Å²) in [5.41, 5.74) is 3.97. The fourth-order valence-electron chi connectivity index (χ4n) is 2.01. The summed E-state index contributed by atoms with van der Waals surface area (Å²) in [5.74, 6) is 0.0295. The molecule has 2 rings (SSSR count). The van der Waals surface area contributed by atoms with Crippen molar-refractivity contribution < 1.29 is 19.1 Å². The van der Waals surface area contributed by atoms with E-state index in [-0.39, 0.29) is 12.3 Å². The van der Waals surface area contributed by atoms with Crippen molar-refractivity contribution in [1.29, 1.82) is 0 Å². The number of esters is 1. The van der Waals surface area contributed by atoms with E-state index in [0.717, 1.165) is 5.56 Å². The molecule has 2 aromatic rings. The van der Waals surface area contributed by atoms with Crippen LogP contribution in [0.3, 0.4) is 0 Å². The van der Waals surface area contributed by atoms with Gasteiger partial charge in [-0.2, -0.15) is 5.10 Å². The second kappa shape index (κ2) is 8.84. The minimum atomic E-state index is -0.436. The number of carbonyl (C=O) groups is 2. The van der Waals surface area contributed by atoms with E-state index in [2.05, 4.69) is 10.5 Å². The van der Waals surface area contributed by atoms with Crippen molar-refractivity contribution in [2.75, 3.05) is 7.11 Å². The van der Waals surface area contributed by atoms with Crippen LogP contribution in [0.2, 0.25) is 5.02 Å². The van der Waals surface area contributed by atoms with Crippen LogP contribution in [0.4, 0.5) is 0 Å². The Labute approximate surface area is 150 Å². The summed E-state index contributed by atoms with van der Waals surface area (Å²) in [7, 11) is 1.47. The highest BCUT2D eigenvalue weighted by Crippen LogP contribution is 2.27. The first-order valence-electron chi connectivity index (χ1n) is 7.40. The predicted molar refractivity (Wildman–Crippen MR) is 95.2 cm³/mol. The van der Waals surface area contributed by atoms with Gasteiger partial charge in [-0.15, -0.1) is 0 Å². The molecule has 0 bridgehead atoms. The molecule has 0 saturated carbocycles. The fourth-order valence-corrected chi connectivity index (χ4v) is 2.14. The second-order valence-electron chi connectivity index (χ2n) is 5.10. The third kappa shape index (κ3) is 5.93.